The van der Waals surface area contributed by atoms with Gasteiger partial charge in [0, 0.05) is 31.1 Å². The standard InChI is InChI=1S/C14H19FN2/c1-8(2)17-14-9-4-3-5-12(15)13(9)10-6-16-7-11(10)14/h3-5,8,10-11,14,16-17H,6-7H2,1-2H3/t10-,11+,14-/m1/s1. The summed E-state index contributed by atoms with van der Waals surface area (Å²) in [5.41, 5.74) is 2.12. The predicted octanol–water partition coefficient (Wildman–Crippen LogP) is 2.18. The molecule has 1 aliphatic heterocycles. The van der Waals surface area contributed by atoms with E-state index in [4.69, 9.17) is 0 Å². The van der Waals surface area contributed by atoms with Crippen molar-refractivity contribution in [3.05, 3.63) is 35.1 Å². The molecule has 0 unspecified atom stereocenters. The van der Waals surface area contributed by atoms with E-state index >= 15 is 0 Å². The third-order valence-corrected chi connectivity index (χ3v) is 3.99. The highest BCUT2D eigenvalue weighted by Gasteiger charge is 2.44. The van der Waals surface area contributed by atoms with Gasteiger partial charge in [-0.25, -0.2) is 4.39 Å². The topological polar surface area (TPSA) is 24.1 Å². The van der Waals surface area contributed by atoms with Gasteiger partial charge in [-0.1, -0.05) is 26.0 Å². The molecule has 0 saturated carbocycles. The van der Waals surface area contributed by atoms with E-state index in [-0.39, 0.29) is 5.82 Å². The molecule has 0 amide bonds. The minimum Gasteiger partial charge on any atom is -0.316 e. The average Bonchev–Trinajstić information content (AvgIpc) is 2.82. The van der Waals surface area contributed by atoms with E-state index < -0.39 is 0 Å². The minimum absolute atomic E-state index is 0.0331. The van der Waals surface area contributed by atoms with Crippen LogP contribution in [-0.4, -0.2) is 19.1 Å². The maximum atomic E-state index is 14.0. The van der Waals surface area contributed by atoms with Gasteiger partial charge in [0.1, 0.15) is 5.82 Å². The zero-order valence-electron chi connectivity index (χ0n) is 10.3. The highest BCUT2D eigenvalue weighted by atomic mass is 19.1. The summed E-state index contributed by atoms with van der Waals surface area (Å²) in [5.74, 6) is 0.820. The first kappa shape index (κ1) is 11.2. The van der Waals surface area contributed by atoms with E-state index in [1.165, 1.54) is 5.56 Å². The Morgan fingerprint density at radius 2 is 2.18 bits per heavy atom. The fraction of sp³-hybridized carbons (Fsp3) is 0.571. The van der Waals surface area contributed by atoms with Gasteiger partial charge in [-0.05, 0) is 23.1 Å². The third-order valence-electron chi connectivity index (χ3n) is 3.99. The van der Waals surface area contributed by atoms with Gasteiger partial charge in [-0.3, -0.25) is 0 Å². The fourth-order valence-corrected chi connectivity index (χ4v) is 3.38. The molecular weight excluding hydrogens is 215 g/mol. The second kappa shape index (κ2) is 4.07. The Morgan fingerprint density at radius 1 is 1.35 bits per heavy atom. The lowest BCUT2D eigenvalue weighted by molar-refractivity contribution is 0.365. The normalized spacial score (nSPS) is 30.7. The molecule has 0 spiro atoms. The molecule has 1 aliphatic carbocycles. The van der Waals surface area contributed by atoms with Crippen LogP contribution in [0.5, 0.6) is 0 Å². The maximum absolute atomic E-state index is 14.0. The van der Waals surface area contributed by atoms with E-state index in [2.05, 4.69) is 30.5 Å². The van der Waals surface area contributed by atoms with E-state index in [9.17, 15) is 4.39 Å². The summed E-state index contributed by atoms with van der Waals surface area (Å²) in [7, 11) is 0. The zero-order valence-corrected chi connectivity index (χ0v) is 10.3. The number of nitrogens with one attached hydrogen (secondary N) is 2. The Kier molecular flexibility index (Phi) is 2.68. The Balaban J connectivity index is 2.04. The first-order chi connectivity index (χ1) is 8.18. The van der Waals surface area contributed by atoms with Crippen molar-refractivity contribution in [3.8, 4) is 0 Å². The number of hydrogen-bond donors (Lipinski definition) is 2. The van der Waals surface area contributed by atoms with Crippen molar-refractivity contribution in [2.45, 2.75) is 31.8 Å². The Bertz CT molecular complexity index is 430. The quantitative estimate of drug-likeness (QED) is 0.819. The Morgan fingerprint density at radius 3 is 2.94 bits per heavy atom. The lowest BCUT2D eigenvalue weighted by Crippen LogP contribution is -2.32. The van der Waals surface area contributed by atoms with Gasteiger partial charge < -0.3 is 10.6 Å². The number of halogens is 1. The summed E-state index contributed by atoms with van der Waals surface area (Å²) in [6.07, 6.45) is 0. The van der Waals surface area contributed by atoms with Gasteiger partial charge in [0.2, 0.25) is 0 Å². The van der Waals surface area contributed by atoms with Gasteiger partial charge in [0.05, 0.1) is 0 Å². The second-order valence-corrected chi connectivity index (χ2v) is 5.47. The van der Waals surface area contributed by atoms with Crippen LogP contribution in [-0.2, 0) is 0 Å². The van der Waals surface area contributed by atoms with E-state index in [0.717, 1.165) is 18.7 Å². The molecule has 2 N–H and O–H groups in total. The van der Waals surface area contributed by atoms with Crippen molar-refractivity contribution in [1.82, 2.24) is 10.6 Å². The van der Waals surface area contributed by atoms with E-state index in [1.54, 1.807) is 6.07 Å². The van der Waals surface area contributed by atoms with Crippen LogP contribution in [0.4, 0.5) is 4.39 Å². The fourth-order valence-electron chi connectivity index (χ4n) is 3.38. The van der Waals surface area contributed by atoms with Gasteiger partial charge >= 0.3 is 0 Å². The molecule has 1 aromatic carbocycles. The highest BCUT2D eigenvalue weighted by molar-refractivity contribution is 5.42. The second-order valence-electron chi connectivity index (χ2n) is 5.47. The third kappa shape index (κ3) is 1.69. The summed E-state index contributed by atoms with van der Waals surface area (Å²) in [5, 5.41) is 6.98. The predicted molar refractivity (Wildman–Crippen MR) is 66.5 cm³/mol. The maximum Gasteiger partial charge on any atom is 0.127 e. The lowest BCUT2D eigenvalue weighted by atomic mass is 9.94. The number of fused-ring (bicyclic) bond motifs is 3. The van der Waals surface area contributed by atoms with Crippen LogP contribution in [0.3, 0.4) is 0 Å². The van der Waals surface area contributed by atoms with E-state index in [0.29, 0.717) is 23.9 Å². The first-order valence-electron chi connectivity index (χ1n) is 6.43. The number of hydrogen-bond acceptors (Lipinski definition) is 2. The molecule has 1 fully saturated rings. The van der Waals surface area contributed by atoms with Crippen LogP contribution < -0.4 is 10.6 Å². The van der Waals surface area contributed by atoms with Crippen LogP contribution in [0.15, 0.2) is 18.2 Å². The lowest BCUT2D eigenvalue weighted by Gasteiger charge is -2.23. The highest BCUT2D eigenvalue weighted by Crippen LogP contribution is 2.47. The summed E-state index contributed by atoms with van der Waals surface area (Å²) >= 11 is 0. The van der Waals surface area contributed by atoms with Crippen molar-refractivity contribution >= 4 is 0 Å². The molecule has 2 aliphatic rings. The molecule has 92 valence electrons. The molecule has 3 atom stereocenters. The van der Waals surface area contributed by atoms with Gasteiger partial charge in [-0.15, -0.1) is 0 Å². The van der Waals surface area contributed by atoms with Crippen LogP contribution in [0.25, 0.3) is 0 Å². The molecule has 17 heavy (non-hydrogen) atoms. The number of benzene rings is 1. The zero-order chi connectivity index (χ0) is 12.0. The Labute approximate surface area is 102 Å². The smallest absolute Gasteiger partial charge is 0.127 e. The monoisotopic (exact) mass is 234 g/mol. The van der Waals surface area contributed by atoms with Crippen LogP contribution in [0, 0.1) is 11.7 Å². The molecule has 1 aromatic rings. The van der Waals surface area contributed by atoms with Gasteiger partial charge in [0.15, 0.2) is 0 Å². The Hall–Kier alpha value is -0.930. The summed E-state index contributed by atoms with van der Waals surface area (Å²) in [4.78, 5) is 0. The average molecular weight is 234 g/mol. The molecule has 3 rings (SSSR count). The van der Waals surface area contributed by atoms with Gasteiger partial charge in [-0.2, -0.15) is 0 Å². The van der Waals surface area contributed by atoms with E-state index in [1.807, 2.05) is 6.07 Å². The molecular formula is C14H19FN2. The summed E-state index contributed by atoms with van der Waals surface area (Å²) < 4.78 is 14.0. The molecule has 3 heteroatoms. The van der Waals surface area contributed by atoms with Crippen LogP contribution >= 0.6 is 0 Å². The van der Waals surface area contributed by atoms with Crippen molar-refractivity contribution < 1.29 is 4.39 Å². The van der Waals surface area contributed by atoms with Crippen molar-refractivity contribution in [2.75, 3.05) is 13.1 Å². The molecule has 2 nitrogen and oxygen atoms in total. The largest absolute Gasteiger partial charge is 0.316 e. The van der Waals surface area contributed by atoms with Crippen LogP contribution in [0.2, 0.25) is 0 Å². The molecule has 0 bridgehead atoms. The number of rotatable bonds is 2. The minimum atomic E-state index is -0.0331. The summed E-state index contributed by atoms with van der Waals surface area (Å²) in [6.45, 7) is 6.20. The molecule has 1 saturated heterocycles. The first-order valence-corrected chi connectivity index (χ1v) is 6.43. The van der Waals surface area contributed by atoms with Crippen LogP contribution in [0.1, 0.15) is 36.9 Å². The van der Waals surface area contributed by atoms with Crippen molar-refractivity contribution in [1.29, 1.82) is 0 Å². The summed E-state index contributed by atoms with van der Waals surface area (Å²) in [6, 6.07) is 6.23. The SMILES string of the molecule is CC(C)N[C@@H]1c2cccc(F)c2[C@@H]2CNC[C@H]12. The molecule has 0 aromatic heterocycles. The molecule has 1 heterocycles. The van der Waals surface area contributed by atoms with Gasteiger partial charge in [0.25, 0.3) is 0 Å². The van der Waals surface area contributed by atoms with Crippen molar-refractivity contribution in [3.63, 3.8) is 0 Å². The molecule has 0 radical (unpaired) electrons. The van der Waals surface area contributed by atoms with Crippen molar-refractivity contribution in [2.24, 2.45) is 5.92 Å².